The van der Waals surface area contributed by atoms with E-state index >= 15 is 0 Å². The van der Waals surface area contributed by atoms with Crippen molar-refractivity contribution in [3.05, 3.63) is 36.1 Å². The molecule has 0 atom stereocenters. The molecule has 1 saturated heterocycles. The van der Waals surface area contributed by atoms with Crippen LogP contribution >= 0.6 is 0 Å². The van der Waals surface area contributed by atoms with E-state index in [1.165, 1.54) is 0 Å². The molecule has 108 valence electrons. The van der Waals surface area contributed by atoms with Gasteiger partial charge in [-0.1, -0.05) is 0 Å². The Kier molecular flexibility index (Phi) is 5.09. The van der Waals surface area contributed by atoms with Gasteiger partial charge in [0.05, 0.1) is 6.61 Å². The average molecular weight is 275 g/mol. The van der Waals surface area contributed by atoms with E-state index in [4.69, 9.17) is 4.74 Å². The summed E-state index contributed by atoms with van der Waals surface area (Å²) >= 11 is 0. The fourth-order valence-corrected chi connectivity index (χ4v) is 2.46. The van der Waals surface area contributed by atoms with Crippen LogP contribution in [0, 0.1) is 0 Å². The van der Waals surface area contributed by atoms with Crippen molar-refractivity contribution in [1.29, 1.82) is 0 Å². The Balaban J connectivity index is 1.89. The highest BCUT2D eigenvalue weighted by Gasteiger charge is 2.22. The molecule has 0 N–H and O–H groups in total. The van der Waals surface area contributed by atoms with Crippen molar-refractivity contribution in [2.24, 2.45) is 0 Å². The number of piperidine rings is 1. The molecular weight excluding hydrogens is 254 g/mol. The minimum atomic E-state index is -0.265. The van der Waals surface area contributed by atoms with Crippen molar-refractivity contribution in [3.8, 4) is 0 Å². The lowest BCUT2D eigenvalue weighted by atomic mass is 9.95. The number of likely N-dealkylation sites (tertiary alicyclic amines) is 1. The van der Waals surface area contributed by atoms with Crippen molar-refractivity contribution in [3.63, 3.8) is 0 Å². The number of ether oxygens (including phenoxy) is 1. The number of carbonyl (C=O) groups excluding carboxylic acids is 1. The maximum absolute atomic E-state index is 11.4. The van der Waals surface area contributed by atoms with Crippen LogP contribution in [-0.4, -0.2) is 40.5 Å². The molecule has 1 fully saturated rings. The van der Waals surface area contributed by atoms with Gasteiger partial charge in [0.1, 0.15) is 5.82 Å². The normalized spacial score (nSPS) is 17.1. The Morgan fingerprint density at radius 3 is 2.65 bits per heavy atom. The van der Waals surface area contributed by atoms with Gasteiger partial charge in [-0.25, -0.2) is 14.8 Å². The molecule has 0 unspecified atom stereocenters. The van der Waals surface area contributed by atoms with Crippen LogP contribution in [0.25, 0.3) is 0 Å². The lowest BCUT2D eigenvalue weighted by Crippen LogP contribution is -2.32. The van der Waals surface area contributed by atoms with Gasteiger partial charge >= 0.3 is 5.97 Å². The second kappa shape index (κ2) is 7.03. The summed E-state index contributed by atoms with van der Waals surface area (Å²) in [5.74, 6) is 1.08. The Bertz CT molecular complexity index is 465. The Morgan fingerprint density at radius 1 is 1.40 bits per heavy atom. The van der Waals surface area contributed by atoms with Crippen molar-refractivity contribution >= 4 is 5.97 Å². The topological polar surface area (TPSA) is 55.3 Å². The molecule has 0 radical (unpaired) electrons. The molecule has 1 aromatic heterocycles. The molecule has 5 heteroatoms. The second-order valence-corrected chi connectivity index (χ2v) is 4.91. The van der Waals surface area contributed by atoms with Crippen molar-refractivity contribution in [2.45, 2.75) is 32.6 Å². The van der Waals surface area contributed by atoms with E-state index in [1.54, 1.807) is 18.5 Å². The number of hydrogen-bond donors (Lipinski definition) is 0. The first-order valence-corrected chi connectivity index (χ1v) is 7.07. The fraction of sp³-hybridized carbons (Fsp3) is 0.533. The second-order valence-electron chi connectivity index (χ2n) is 4.91. The van der Waals surface area contributed by atoms with Crippen LogP contribution in [0.3, 0.4) is 0 Å². The number of aromatic nitrogens is 2. The Morgan fingerprint density at radius 2 is 2.05 bits per heavy atom. The predicted octanol–water partition coefficient (Wildman–Crippen LogP) is 2.12. The molecule has 2 rings (SSSR count). The Labute approximate surface area is 119 Å². The summed E-state index contributed by atoms with van der Waals surface area (Å²) in [5.41, 5.74) is 0.968. The standard InChI is InChI=1S/C15H21N3O2/c1-3-20-14(19)11-12(2)18-9-5-13(6-10-18)15-16-7-4-8-17-15/h4,7-8,11,13H,3,5-6,9-10H2,1-2H3/b12-11-. The molecular formula is C15H21N3O2. The molecule has 1 aliphatic heterocycles. The van der Waals surface area contributed by atoms with Crippen molar-refractivity contribution in [1.82, 2.24) is 14.9 Å². The lowest BCUT2D eigenvalue weighted by molar-refractivity contribution is -0.137. The quantitative estimate of drug-likeness (QED) is 0.622. The maximum Gasteiger partial charge on any atom is 0.332 e. The smallest absolute Gasteiger partial charge is 0.332 e. The van der Waals surface area contributed by atoms with Gasteiger partial charge in [0.15, 0.2) is 0 Å². The Hall–Kier alpha value is -1.91. The third kappa shape index (κ3) is 3.79. The lowest BCUT2D eigenvalue weighted by Gasteiger charge is -2.33. The first-order chi connectivity index (χ1) is 9.70. The van der Waals surface area contributed by atoms with E-state index < -0.39 is 0 Å². The van der Waals surface area contributed by atoms with Gasteiger partial charge in [-0.05, 0) is 32.8 Å². The molecule has 0 aromatic carbocycles. The first-order valence-electron chi connectivity index (χ1n) is 7.07. The van der Waals surface area contributed by atoms with Crippen LogP contribution in [-0.2, 0) is 9.53 Å². The highest BCUT2D eigenvalue weighted by molar-refractivity contribution is 5.82. The molecule has 1 aliphatic rings. The summed E-state index contributed by atoms with van der Waals surface area (Å²) in [7, 11) is 0. The monoisotopic (exact) mass is 275 g/mol. The maximum atomic E-state index is 11.4. The minimum Gasteiger partial charge on any atom is -0.463 e. The number of esters is 1. The highest BCUT2D eigenvalue weighted by Crippen LogP contribution is 2.26. The number of allylic oxidation sites excluding steroid dienone is 1. The van der Waals surface area contributed by atoms with Crippen LogP contribution in [0.4, 0.5) is 0 Å². The zero-order valence-electron chi connectivity index (χ0n) is 12.1. The summed E-state index contributed by atoms with van der Waals surface area (Å²) in [6.45, 7) is 6.02. The molecule has 0 aliphatic carbocycles. The third-order valence-electron chi connectivity index (χ3n) is 3.56. The molecule has 0 bridgehead atoms. The first kappa shape index (κ1) is 14.5. The van der Waals surface area contributed by atoms with E-state index in [9.17, 15) is 4.79 Å². The van der Waals surface area contributed by atoms with Gasteiger partial charge < -0.3 is 9.64 Å². The summed E-state index contributed by atoms with van der Waals surface area (Å²) in [5, 5.41) is 0. The third-order valence-corrected chi connectivity index (χ3v) is 3.56. The minimum absolute atomic E-state index is 0.265. The molecule has 20 heavy (non-hydrogen) atoms. The van der Waals surface area contributed by atoms with Gasteiger partial charge in [0.25, 0.3) is 0 Å². The van der Waals surface area contributed by atoms with Crippen LogP contribution in [0.1, 0.15) is 38.4 Å². The summed E-state index contributed by atoms with van der Waals surface area (Å²) < 4.78 is 4.93. The predicted molar refractivity (Wildman–Crippen MR) is 76.0 cm³/mol. The summed E-state index contributed by atoms with van der Waals surface area (Å²) in [4.78, 5) is 22.3. The molecule has 2 heterocycles. The van der Waals surface area contributed by atoms with E-state index in [2.05, 4.69) is 14.9 Å². The molecule has 5 nitrogen and oxygen atoms in total. The van der Waals surface area contributed by atoms with E-state index in [0.29, 0.717) is 12.5 Å². The van der Waals surface area contributed by atoms with Gasteiger partial charge in [0.2, 0.25) is 0 Å². The fourth-order valence-electron chi connectivity index (χ4n) is 2.46. The molecule has 0 amide bonds. The zero-order chi connectivity index (χ0) is 14.4. The van der Waals surface area contributed by atoms with Gasteiger partial charge in [0, 0.05) is 43.2 Å². The molecule has 1 aromatic rings. The van der Waals surface area contributed by atoms with E-state index in [0.717, 1.165) is 37.5 Å². The van der Waals surface area contributed by atoms with Gasteiger partial charge in [-0.2, -0.15) is 0 Å². The largest absolute Gasteiger partial charge is 0.463 e. The van der Waals surface area contributed by atoms with Crippen LogP contribution < -0.4 is 0 Å². The van der Waals surface area contributed by atoms with E-state index in [-0.39, 0.29) is 5.97 Å². The summed E-state index contributed by atoms with van der Waals surface area (Å²) in [6.07, 6.45) is 7.18. The van der Waals surface area contributed by atoms with E-state index in [1.807, 2.05) is 19.9 Å². The van der Waals surface area contributed by atoms with Crippen molar-refractivity contribution in [2.75, 3.05) is 19.7 Å². The van der Waals surface area contributed by atoms with Crippen LogP contribution in [0.15, 0.2) is 30.2 Å². The number of rotatable bonds is 4. The molecule has 0 saturated carbocycles. The van der Waals surface area contributed by atoms with Gasteiger partial charge in [-0.3, -0.25) is 0 Å². The zero-order valence-corrected chi connectivity index (χ0v) is 12.1. The highest BCUT2D eigenvalue weighted by atomic mass is 16.5. The van der Waals surface area contributed by atoms with Crippen LogP contribution in [0.2, 0.25) is 0 Å². The SMILES string of the molecule is CCOC(=O)/C=C(/C)N1CCC(c2ncccn2)CC1. The number of carbonyl (C=O) groups is 1. The van der Waals surface area contributed by atoms with Crippen molar-refractivity contribution < 1.29 is 9.53 Å². The summed E-state index contributed by atoms with van der Waals surface area (Å²) in [6, 6.07) is 1.84. The molecule has 0 spiro atoms. The van der Waals surface area contributed by atoms with Gasteiger partial charge in [-0.15, -0.1) is 0 Å². The number of hydrogen-bond acceptors (Lipinski definition) is 5. The van der Waals surface area contributed by atoms with Crippen LogP contribution in [0.5, 0.6) is 0 Å². The number of nitrogens with zero attached hydrogens (tertiary/aromatic N) is 3. The average Bonchev–Trinajstić information content (AvgIpc) is 2.48.